The number of nitrogens with zero attached hydrogens (tertiary/aromatic N) is 3. The summed E-state index contributed by atoms with van der Waals surface area (Å²) in [6, 6.07) is 4.89. The zero-order valence-electron chi connectivity index (χ0n) is 14.9. The standard InChI is InChI=1S/C18H22N4O4/c1-24-12-7-8-13(15(10-12)25-2)19-18(23)22-9-3-4-14(22)17-20-16(21-26-17)11-5-6-11/h7-8,10-11,14H,3-6,9H2,1-2H3,(H,19,23). The van der Waals surface area contributed by atoms with Gasteiger partial charge in [0.25, 0.3) is 0 Å². The molecule has 2 aromatic rings. The van der Waals surface area contributed by atoms with Crippen LogP contribution in [0.4, 0.5) is 10.5 Å². The van der Waals surface area contributed by atoms with E-state index in [0.717, 1.165) is 31.5 Å². The maximum atomic E-state index is 12.8. The lowest BCUT2D eigenvalue weighted by atomic mass is 10.2. The number of carbonyl (C=O) groups excluding carboxylic acids is 1. The number of hydrogen-bond donors (Lipinski definition) is 1. The highest BCUT2D eigenvalue weighted by Gasteiger charge is 2.36. The van der Waals surface area contributed by atoms with Crippen molar-refractivity contribution in [1.29, 1.82) is 0 Å². The number of likely N-dealkylation sites (tertiary alicyclic amines) is 1. The Bertz CT molecular complexity index is 802. The van der Waals surface area contributed by atoms with Crippen LogP contribution in [-0.2, 0) is 0 Å². The maximum Gasteiger partial charge on any atom is 0.322 e. The van der Waals surface area contributed by atoms with E-state index >= 15 is 0 Å². The van der Waals surface area contributed by atoms with E-state index in [1.807, 2.05) is 0 Å². The summed E-state index contributed by atoms with van der Waals surface area (Å²) in [7, 11) is 3.14. The summed E-state index contributed by atoms with van der Waals surface area (Å²) in [4.78, 5) is 19.1. The van der Waals surface area contributed by atoms with E-state index in [-0.39, 0.29) is 12.1 Å². The molecule has 8 heteroatoms. The number of carbonyl (C=O) groups is 1. The summed E-state index contributed by atoms with van der Waals surface area (Å²) < 4.78 is 16.0. The van der Waals surface area contributed by atoms with Crippen molar-refractivity contribution in [2.24, 2.45) is 0 Å². The Morgan fingerprint density at radius 2 is 2.12 bits per heavy atom. The van der Waals surface area contributed by atoms with Gasteiger partial charge in [-0.15, -0.1) is 0 Å². The molecule has 26 heavy (non-hydrogen) atoms. The van der Waals surface area contributed by atoms with Crippen molar-refractivity contribution in [3.8, 4) is 11.5 Å². The van der Waals surface area contributed by atoms with E-state index in [1.54, 1.807) is 37.3 Å². The third-order valence-corrected chi connectivity index (χ3v) is 4.85. The smallest absolute Gasteiger partial charge is 0.322 e. The highest BCUT2D eigenvalue weighted by Crippen LogP contribution is 2.40. The monoisotopic (exact) mass is 358 g/mol. The molecule has 0 radical (unpaired) electrons. The van der Waals surface area contributed by atoms with Crippen LogP contribution in [0.2, 0.25) is 0 Å². The molecular weight excluding hydrogens is 336 g/mol. The fourth-order valence-electron chi connectivity index (χ4n) is 3.25. The van der Waals surface area contributed by atoms with Gasteiger partial charge in [-0.3, -0.25) is 0 Å². The lowest BCUT2D eigenvalue weighted by molar-refractivity contribution is 0.193. The molecule has 1 aliphatic heterocycles. The zero-order valence-corrected chi connectivity index (χ0v) is 14.9. The molecule has 1 aromatic heterocycles. The van der Waals surface area contributed by atoms with Crippen molar-refractivity contribution in [3.05, 3.63) is 29.9 Å². The highest BCUT2D eigenvalue weighted by molar-refractivity contribution is 5.91. The Morgan fingerprint density at radius 3 is 2.85 bits per heavy atom. The van der Waals surface area contributed by atoms with Gasteiger partial charge in [-0.05, 0) is 37.8 Å². The largest absolute Gasteiger partial charge is 0.497 e. The number of ether oxygens (including phenoxy) is 2. The van der Waals surface area contributed by atoms with Crippen molar-refractivity contribution < 1.29 is 18.8 Å². The maximum absolute atomic E-state index is 12.8. The summed E-state index contributed by atoms with van der Waals surface area (Å²) in [5, 5.41) is 6.98. The molecule has 0 bridgehead atoms. The number of amides is 2. The minimum Gasteiger partial charge on any atom is -0.497 e. The molecule has 1 aromatic carbocycles. The fraction of sp³-hybridized carbons (Fsp3) is 0.500. The van der Waals surface area contributed by atoms with Crippen molar-refractivity contribution in [1.82, 2.24) is 15.0 Å². The molecule has 2 fully saturated rings. The van der Waals surface area contributed by atoms with Crippen LogP contribution in [0.1, 0.15) is 49.4 Å². The van der Waals surface area contributed by atoms with E-state index in [9.17, 15) is 4.79 Å². The van der Waals surface area contributed by atoms with Gasteiger partial charge in [-0.1, -0.05) is 5.16 Å². The molecule has 0 spiro atoms. The van der Waals surface area contributed by atoms with Gasteiger partial charge in [0, 0.05) is 18.5 Å². The fourth-order valence-corrected chi connectivity index (χ4v) is 3.25. The number of rotatable bonds is 5. The van der Waals surface area contributed by atoms with Gasteiger partial charge in [-0.25, -0.2) is 4.79 Å². The van der Waals surface area contributed by atoms with Crippen LogP contribution >= 0.6 is 0 Å². The first-order valence-electron chi connectivity index (χ1n) is 8.82. The Labute approximate surface area is 151 Å². The normalized spacial score (nSPS) is 19.5. The molecule has 2 aliphatic rings. The number of urea groups is 1. The summed E-state index contributed by atoms with van der Waals surface area (Å²) >= 11 is 0. The zero-order chi connectivity index (χ0) is 18.1. The molecule has 138 valence electrons. The van der Waals surface area contributed by atoms with Crippen LogP contribution in [0.3, 0.4) is 0 Å². The molecule has 1 N–H and O–H groups in total. The molecule has 2 heterocycles. The van der Waals surface area contributed by atoms with Gasteiger partial charge in [0.1, 0.15) is 17.5 Å². The van der Waals surface area contributed by atoms with E-state index in [4.69, 9.17) is 14.0 Å². The van der Waals surface area contributed by atoms with Gasteiger partial charge in [0.05, 0.1) is 19.9 Å². The molecule has 1 unspecified atom stereocenters. The SMILES string of the molecule is COc1ccc(NC(=O)N2CCCC2c2nc(C3CC3)no2)c(OC)c1. The lowest BCUT2D eigenvalue weighted by Gasteiger charge is -2.23. The second kappa shape index (κ2) is 6.86. The highest BCUT2D eigenvalue weighted by atomic mass is 16.5. The van der Waals surface area contributed by atoms with Crippen LogP contribution in [0.5, 0.6) is 11.5 Å². The summed E-state index contributed by atoms with van der Waals surface area (Å²) in [5.41, 5.74) is 0.591. The third kappa shape index (κ3) is 3.18. The van der Waals surface area contributed by atoms with Crippen LogP contribution in [-0.4, -0.2) is 41.8 Å². The molecular formula is C18H22N4O4. The molecule has 1 atom stereocenters. The molecule has 1 saturated carbocycles. The van der Waals surface area contributed by atoms with Crippen molar-refractivity contribution in [3.63, 3.8) is 0 Å². The van der Waals surface area contributed by atoms with Crippen LogP contribution in [0.15, 0.2) is 22.7 Å². The predicted octanol–water partition coefficient (Wildman–Crippen LogP) is 3.33. The first-order chi connectivity index (χ1) is 12.7. The number of hydrogen-bond acceptors (Lipinski definition) is 6. The molecule has 1 saturated heterocycles. The lowest BCUT2D eigenvalue weighted by Crippen LogP contribution is -2.34. The molecule has 4 rings (SSSR count). The van der Waals surface area contributed by atoms with E-state index in [0.29, 0.717) is 35.5 Å². The van der Waals surface area contributed by atoms with E-state index < -0.39 is 0 Å². The molecule has 8 nitrogen and oxygen atoms in total. The second-order valence-corrected chi connectivity index (χ2v) is 6.61. The van der Waals surface area contributed by atoms with Gasteiger partial charge in [0.2, 0.25) is 5.89 Å². The van der Waals surface area contributed by atoms with Crippen LogP contribution in [0, 0.1) is 0 Å². The molecule has 1 aliphatic carbocycles. The quantitative estimate of drug-likeness (QED) is 0.882. The number of aromatic nitrogens is 2. The number of anilines is 1. The third-order valence-electron chi connectivity index (χ3n) is 4.85. The average molecular weight is 358 g/mol. The molecule has 2 amide bonds. The summed E-state index contributed by atoms with van der Waals surface area (Å²) in [5.74, 6) is 2.93. The predicted molar refractivity (Wildman–Crippen MR) is 93.5 cm³/mol. The van der Waals surface area contributed by atoms with Crippen molar-refractivity contribution in [2.75, 3.05) is 26.1 Å². The number of methoxy groups -OCH3 is 2. The first kappa shape index (κ1) is 16.7. The van der Waals surface area contributed by atoms with Gasteiger partial charge < -0.3 is 24.2 Å². The minimum atomic E-state index is -0.206. The van der Waals surface area contributed by atoms with Crippen molar-refractivity contribution >= 4 is 11.7 Å². The first-order valence-corrected chi connectivity index (χ1v) is 8.82. The van der Waals surface area contributed by atoms with Gasteiger partial charge >= 0.3 is 6.03 Å². The van der Waals surface area contributed by atoms with Gasteiger partial charge in [0.15, 0.2) is 5.82 Å². The second-order valence-electron chi connectivity index (χ2n) is 6.61. The van der Waals surface area contributed by atoms with Crippen LogP contribution in [0.25, 0.3) is 0 Å². The summed E-state index contributed by atoms with van der Waals surface area (Å²) in [6.45, 7) is 0.649. The van der Waals surface area contributed by atoms with Gasteiger partial charge in [-0.2, -0.15) is 4.98 Å². The topological polar surface area (TPSA) is 89.7 Å². The van der Waals surface area contributed by atoms with E-state index in [2.05, 4.69) is 15.5 Å². The Kier molecular flexibility index (Phi) is 4.40. The Morgan fingerprint density at radius 1 is 1.27 bits per heavy atom. The van der Waals surface area contributed by atoms with Crippen molar-refractivity contribution in [2.45, 2.75) is 37.6 Å². The van der Waals surface area contributed by atoms with E-state index in [1.165, 1.54) is 0 Å². The number of nitrogens with one attached hydrogen (secondary N) is 1. The Balaban J connectivity index is 1.49. The number of benzene rings is 1. The minimum absolute atomic E-state index is 0.181. The Hall–Kier alpha value is -2.77. The average Bonchev–Trinajstić information content (AvgIpc) is 3.20. The summed E-state index contributed by atoms with van der Waals surface area (Å²) in [6.07, 6.45) is 3.95. The van der Waals surface area contributed by atoms with Crippen LogP contribution < -0.4 is 14.8 Å².